The standard InChI is InChI=1S/C19H24N2O5S/c1-5-12-26-16-9-6-14(7-10-16)19(22)20-15-8-11-17(25-4)18(13-15)27(23,24)21(2)3/h6-11,13H,5,12H2,1-4H3,(H,20,22). The van der Waals surface area contributed by atoms with E-state index in [2.05, 4.69) is 5.32 Å². The third kappa shape index (κ3) is 4.99. The van der Waals surface area contributed by atoms with Crippen LogP contribution in [-0.4, -0.2) is 46.4 Å². The molecule has 0 heterocycles. The van der Waals surface area contributed by atoms with Crippen LogP contribution in [0.2, 0.25) is 0 Å². The van der Waals surface area contributed by atoms with Gasteiger partial charge in [-0.1, -0.05) is 6.92 Å². The number of sulfonamides is 1. The van der Waals surface area contributed by atoms with Gasteiger partial charge in [0.15, 0.2) is 0 Å². The van der Waals surface area contributed by atoms with Gasteiger partial charge in [0, 0.05) is 25.3 Å². The molecule has 2 aromatic carbocycles. The van der Waals surface area contributed by atoms with Gasteiger partial charge in [-0.2, -0.15) is 0 Å². The Morgan fingerprint density at radius 3 is 2.33 bits per heavy atom. The summed E-state index contributed by atoms with van der Waals surface area (Å²) in [6.07, 6.45) is 0.901. The van der Waals surface area contributed by atoms with Crippen molar-refractivity contribution in [2.75, 3.05) is 33.1 Å². The largest absolute Gasteiger partial charge is 0.495 e. The van der Waals surface area contributed by atoms with Gasteiger partial charge in [-0.05, 0) is 48.9 Å². The second-order valence-electron chi connectivity index (χ2n) is 5.98. The molecule has 1 amide bonds. The number of anilines is 1. The fourth-order valence-corrected chi connectivity index (χ4v) is 3.35. The number of ether oxygens (including phenoxy) is 2. The Labute approximate surface area is 160 Å². The number of benzene rings is 2. The molecule has 27 heavy (non-hydrogen) atoms. The molecule has 0 saturated heterocycles. The Hall–Kier alpha value is -2.58. The van der Waals surface area contributed by atoms with E-state index in [4.69, 9.17) is 9.47 Å². The van der Waals surface area contributed by atoms with Crippen LogP contribution in [0.1, 0.15) is 23.7 Å². The lowest BCUT2D eigenvalue weighted by atomic mass is 10.2. The summed E-state index contributed by atoms with van der Waals surface area (Å²) in [7, 11) is 0.542. The number of nitrogens with zero attached hydrogens (tertiary/aromatic N) is 1. The molecule has 0 aromatic heterocycles. The summed E-state index contributed by atoms with van der Waals surface area (Å²) in [6, 6.07) is 11.2. The van der Waals surface area contributed by atoms with Crippen molar-refractivity contribution < 1.29 is 22.7 Å². The summed E-state index contributed by atoms with van der Waals surface area (Å²) in [4.78, 5) is 12.4. The van der Waals surface area contributed by atoms with E-state index in [1.54, 1.807) is 30.3 Å². The molecule has 0 unspecified atom stereocenters. The first-order valence-electron chi connectivity index (χ1n) is 8.44. The lowest BCUT2D eigenvalue weighted by Gasteiger charge is -2.16. The highest BCUT2D eigenvalue weighted by molar-refractivity contribution is 7.89. The third-order valence-corrected chi connectivity index (χ3v) is 5.61. The zero-order valence-electron chi connectivity index (χ0n) is 15.9. The maximum Gasteiger partial charge on any atom is 0.255 e. The molecule has 8 heteroatoms. The minimum absolute atomic E-state index is 0.0175. The summed E-state index contributed by atoms with van der Waals surface area (Å²) in [5, 5.41) is 2.71. The van der Waals surface area contributed by atoms with E-state index in [0.29, 0.717) is 23.6 Å². The average molecular weight is 392 g/mol. The first-order valence-corrected chi connectivity index (χ1v) is 9.88. The molecule has 0 aliphatic rings. The summed E-state index contributed by atoms with van der Waals surface area (Å²) in [6.45, 7) is 2.63. The van der Waals surface area contributed by atoms with Gasteiger partial charge >= 0.3 is 0 Å². The predicted molar refractivity (Wildman–Crippen MR) is 104 cm³/mol. The number of amides is 1. The molecule has 0 saturated carbocycles. The Morgan fingerprint density at radius 1 is 1.11 bits per heavy atom. The first-order chi connectivity index (χ1) is 12.8. The van der Waals surface area contributed by atoms with Gasteiger partial charge in [-0.3, -0.25) is 4.79 Å². The van der Waals surface area contributed by atoms with E-state index in [1.807, 2.05) is 6.92 Å². The predicted octanol–water partition coefficient (Wildman–Crippen LogP) is 2.99. The SMILES string of the molecule is CCCOc1ccc(C(=O)Nc2ccc(OC)c(S(=O)(=O)N(C)C)c2)cc1. The van der Waals surface area contributed by atoms with Crippen LogP contribution in [-0.2, 0) is 10.0 Å². The van der Waals surface area contributed by atoms with Gasteiger partial charge in [-0.15, -0.1) is 0 Å². The van der Waals surface area contributed by atoms with Crippen LogP contribution in [0.5, 0.6) is 11.5 Å². The molecule has 2 rings (SSSR count). The van der Waals surface area contributed by atoms with Crippen LogP contribution in [0.15, 0.2) is 47.4 Å². The molecule has 0 radical (unpaired) electrons. The number of rotatable bonds is 8. The van der Waals surface area contributed by atoms with Gasteiger partial charge in [-0.25, -0.2) is 12.7 Å². The maximum atomic E-state index is 12.5. The Balaban J connectivity index is 2.23. The minimum atomic E-state index is -3.72. The van der Waals surface area contributed by atoms with Crippen LogP contribution in [0.25, 0.3) is 0 Å². The normalized spacial score (nSPS) is 11.3. The molecular weight excluding hydrogens is 368 g/mol. The Kier molecular flexibility index (Phi) is 6.81. The number of hydrogen-bond donors (Lipinski definition) is 1. The topological polar surface area (TPSA) is 84.9 Å². The summed E-state index contributed by atoms with van der Waals surface area (Å²) >= 11 is 0. The third-order valence-electron chi connectivity index (χ3n) is 3.77. The fourth-order valence-electron chi connectivity index (χ4n) is 2.28. The van der Waals surface area contributed by atoms with Crippen LogP contribution < -0.4 is 14.8 Å². The van der Waals surface area contributed by atoms with Gasteiger partial charge in [0.1, 0.15) is 16.4 Å². The molecule has 7 nitrogen and oxygen atoms in total. The molecule has 1 N–H and O–H groups in total. The highest BCUT2D eigenvalue weighted by atomic mass is 32.2. The zero-order chi connectivity index (χ0) is 20.0. The molecule has 0 aliphatic carbocycles. The van der Waals surface area contributed by atoms with Crippen molar-refractivity contribution >= 4 is 21.6 Å². The van der Waals surface area contributed by atoms with Crippen molar-refractivity contribution in [3.8, 4) is 11.5 Å². The van der Waals surface area contributed by atoms with E-state index >= 15 is 0 Å². The van der Waals surface area contributed by atoms with Gasteiger partial charge in [0.05, 0.1) is 13.7 Å². The van der Waals surface area contributed by atoms with E-state index in [-0.39, 0.29) is 16.6 Å². The Bertz CT molecular complexity index is 893. The molecule has 0 aliphatic heterocycles. The van der Waals surface area contributed by atoms with E-state index in [0.717, 1.165) is 10.7 Å². The number of hydrogen-bond acceptors (Lipinski definition) is 5. The first kappa shape index (κ1) is 20.7. The fraction of sp³-hybridized carbons (Fsp3) is 0.316. The van der Waals surface area contributed by atoms with Crippen molar-refractivity contribution in [1.82, 2.24) is 4.31 Å². The number of carbonyl (C=O) groups is 1. The molecule has 0 bridgehead atoms. The van der Waals surface area contributed by atoms with Gasteiger partial charge < -0.3 is 14.8 Å². The van der Waals surface area contributed by atoms with Crippen molar-refractivity contribution in [2.24, 2.45) is 0 Å². The van der Waals surface area contributed by atoms with Crippen LogP contribution in [0.4, 0.5) is 5.69 Å². The van der Waals surface area contributed by atoms with Crippen molar-refractivity contribution in [3.63, 3.8) is 0 Å². The highest BCUT2D eigenvalue weighted by Crippen LogP contribution is 2.29. The van der Waals surface area contributed by atoms with Crippen molar-refractivity contribution in [1.29, 1.82) is 0 Å². The monoisotopic (exact) mass is 392 g/mol. The van der Waals surface area contributed by atoms with E-state index < -0.39 is 10.0 Å². The van der Waals surface area contributed by atoms with Gasteiger partial charge in [0.2, 0.25) is 10.0 Å². The smallest absolute Gasteiger partial charge is 0.255 e. The minimum Gasteiger partial charge on any atom is -0.495 e. The molecule has 0 fully saturated rings. The highest BCUT2D eigenvalue weighted by Gasteiger charge is 2.23. The molecular formula is C19H24N2O5S. The van der Waals surface area contributed by atoms with E-state index in [9.17, 15) is 13.2 Å². The Morgan fingerprint density at radius 2 is 1.78 bits per heavy atom. The second-order valence-corrected chi connectivity index (χ2v) is 8.10. The molecule has 0 atom stereocenters. The molecule has 146 valence electrons. The van der Waals surface area contributed by atoms with Crippen molar-refractivity contribution in [3.05, 3.63) is 48.0 Å². The maximum absolute atomic E-state index is 12.5. The van der Waals surface area contributed by atoms with Crippen LogP contribution in [0, 0.1) is 0 Å². The lowest BCUT2D eigenvalue weighted by Crippen LogP contribution is -2.23. The average Bonchev–Trinajstić information content (AvgIpc) is 2.66. The van der Waals surface area contributed by atoms with Crippen LogP contribution in [0.3, 0.4) is 0 Å². The lowest BCUT2D eigenvalue weighted by molar-refractivity contribution is 0.102. The number of nitrogens with one attached hydrogen (secondary N) is 1. The summed E-state index contributed by atoms with van der Waals surface area (Å²) < 4.78 is 36.6. The summed E-state index contributed by atoms with van der Waals surface area (Å²) in [5.74, 6) is 0.548. The number of methoxy groups -OCH3 is 1. The quantitative estimate of drug-likeness (QED) is 0.746. The molecule has 0 spiro atoms. The van der Waals surface area contributed by atoms with E-state index in [1.165, 1.54) is 33.3 Å². The molecule has 2 aromatic rings. The zero-order valence-corrected chi connectivity index (χ0v) is 16.7. The second kappa shape index (κ2) is 8.88. The van der Waals surface area contributed by atoms with Crippen LogP contribution >= 0.6 is 0 Å². The number of carbonyl (C=O) groups excluding carboxylic acids is 1. The summed E-state index contributed by atoms with van der Waals surface area (Å²) in [5.41, 5.74) is 0.791. The van der Waals surface area contributed by atoms with Crippen molar-refractivity contribution in [2.45, 2.75) is 18.2 Å². The van der Waals surface area contributed by atoms with Gasteiger partial charge in [0.25, 0.3) is 5.91 Å².